The van der Waals surface area contributed by atoms with Gasteiger partial charge in [-0.1, -0.05) is 18.2 Å². The number of amides is 2. The van der Waals surface area contributed by atoms with Crippen LogP contribution in [0.15, 0.2) is 54.6 Å². The second kappa shape index (κ2) is 10.0. The minimum absolute atomic E-state index is 0.164. The van der Waals surface area contributed by atoms with Gasteiger partial charge in [-0.2, -0.15) is 0 Å². The van der Waals surface area contributed by atoms with Crippen molar-refractivity contribution in [2.75, 3.05) is 28.6 Å². The number of benzene rings is 2. The maximum atomic E-state index is 13.4. The molecule has 2 amide bonds. The van der Waals surface area contributed by atoms with Crippen LogP contribution in [0.4, 0.5) is 16.4 Å². The van der Waals surface area contributed by atoms with Crippen LogP contribution >= 0.6 is 11.3 Å². The molecule has 1 heterocycles. The second-order valence-electron chi connectivity index (χ2n) is 7.91. The Morgan fingerprint density at radius 1 is 0.875 bits per heavy atom. The zero-order valence-corrected chi connectivity index (χ0v) is 19.4. The predicted molar refractivity (Wildman–Crippen MR) is 133 cm³/mol. The smallest absolute Gasteiger partial charge is 0.258 e. The average Bonchev–Trinajstić information content (AvgIpc) is 3.19. The molecule has 5 nitrogen and oxygen atoms in total. The van der Waals surface area contributed by atoms with Gasteiger partial charge in [0.2, 0.25) is 0 Å². The van der Waals surface area contributed by atoms with Crippen molar-refractivity contribution in [1.82, 2.24) is 0 Å². The Labute approximate surface area is 193 Å². The van der Waals surface area contributed by atoms with Gasteiger partial charge in [0.1, 0.15) is 5.00 Å². The molecule has 1 aliphatic carbocycles. The zero-order valence-electron chi connectivity index (χ0n) is 18.6. The zero-order chi connectivity index (χ0) is 22.5. The summed E-state index contributed by atoms with van der Waals surface area (Å²) in [5.41, 5.74) is 4.17. The summed E-state index contributed by atoms with van der Waals surface area (Å²) in [6.45, 7) is 6.13. The first-order valence-electron chi connectivity index (χ1n) is 11.3. The molecule has 2 N–H and O–H groups in total. The van der Waals surface area contributed by atoms with Crippen LogP contribution in [-0.2, 0) is 12.8 Å². The van der Waals surface area contributed by atoms with E-state index >= 15 is 0 Å². The highest BCUT2D eigenvalue weighted by Crippen LogP contribution is 2.39. The molecule has 1 aromatic heterocycles. The second-order valence-corrected chi connectivity index (χ2v) is 9.01. The normalized spacial score (nSPS) is 12.7. The van der Waals surface area contributed by atoms with Crippen LogP contribution in [0.3, 0.4) is 0 Å². The molecule has 0 saturated carbocycles. The highest BCUT2D eigenvalue weighted by molar-refractivity contribution is 7.17. The summed E-state index contributed by atoms with van der Waals surface area (Å²) in [6, 6.07) is 17.0. The van der Waals surface area contributed by atoms with Gasteiger partial charge in [-0.3, -0.25) is 9.59 Å². The number of carbonyl (C=O) groups is 2. The van der Waals surface area contributed by atoms with Crippen LogP contribution in [-0.4, -0.2) is 24.9 Å². The van der Waals surface area contributed by atoms with Crippen LogP contribution in [0.2, 0.25) is 0 Å². The van der Waals surface area contributed by atoms with Crippen LogP contribution in [0, 0.1) is 0 Å². The number of thiophene rings is 1. The van der Waals surface area contributed by atoms with Crippen LogP contribution in [0.1, 0.15) is 57.8 Å². The number of rotatable bonds is 7. The van der Waals surface area contributed by atoms with Gasteiger partial charge in [-0.15, -0.1) is 11.3 Å². The Morgan fingerprint density at radius 3 is 2.25 bits per heavy atom. The fourth-order valence-corrected chi connectivity index (χ4v) is 5.48. The third-order valence-corrected chi connectivity index (χ3v) is 7.12. The SMILES string of the molecule is CCN(CC)c1ccc(NC(=O)c2c(NC(=O)c3ccccc3)sc3c2CCCC3)cc1. The van der Waals surface area contributed by atoms with E-state index in [1.807, 2.05) is 42.5 Å². The summed E-state index contributed by atoms with van der Waals surface area (Å²) < 4.78 is 0. The molecule has 0 saturated heterocycles. The van der Waals surface area contributed by atoms with Gasteiger partial charge in [0.15, 0.2) is 0 Å². The molecule has 0 spiro atoms. The van der Waals surface area contributed by atoms with E-state index in [9.17, 15) is 9.59 Å². The van der Waals surface area contributed by atoms with Gasteiger partial charge < -0.3 is 15.5 Å². The first-order chi connectivity index (χ1) is 15.6. The number of hydrogen-bond donors (Lipinski definition) is 2. The number of anilines is 3. The lowest BCUT2D eigenvalue weighted by atomic mass is 9.95. The van der Waals surface area contributed by atoms with E-state index in [4.69, 9.17) is 0 Å². The summed E-state index contributed by atoms with van der Waals surface area (Å²) in [5.74, 6) is -0.356. The molecule has 4 rings (SSSR count). The van der Waals surface area contributed by atoms with E-state index in [-0.39, 0.29) is 11.8 Å². The lowest BCUT2D eigenvalue weighted by Gasteiger charge is -2.21. The van der Waals surface area contributed by atoms with Gasteiger partial charge in [-0.05, 0) is 81.5 Å². The largest absolute Gasteiger partial charge is 0.372 e. The predicted octanol–water partition coefficient (Wildman–Crippen LogP) is 5.98. The molecular formula is C26H29N3O2S. The van der Waals surface area contributed by atoms with E-state index in [1.165, 1.54) is 16.2 Å². The van der Waals surface area contributed by atoms with Gasteiger partial charge >= 0.3 is 0 Å². The third kappa shape index (κ3) is 4.70. The summed E-state index contributed by atoms with van der Waals surface area (Å²) >= 11 is 1.54. The number of carbonyl (C=O) groups excluding carboxylic acids is 2. The summed E-state index contributed by atoms with van der Waals surface area (Å²) in [7, 11) is 0. The first-order valence-corrected chi connectivity index (χ1v) is 12.1. The summed E-state index contributed by atoms with van der Waals surface area (Å²) in [6.07, 6.45) is 4.01. The fraction of sp³-hybridized carbons (Fsp3) is 0.308. The number of fused-ring (bicyclic) bond motifs is 1. The van der Waals surface area contributed by atoms with Crippen molar-refractivity contribution >= 4 is 39.5 Å². The minimum atomic E-state index is -0.193. The molecule has 166 valence electrons. The van der Waals surface area contributed by atoms with Crippen molar-refractivity contribution in [1.29, 1.82) is 0 Å². The lowest BCUT2D eigenvalue weighted by molar-refractivity contribution is 0.102. The summed E-state index contributed by atoms with van der Waals surface area (Å²) in [5, 5.41) is 6.69. The van der Waals surface area contributed by atoms with E-state index in [2.05, 4.69) is 29.4 Å². The van der Waals surface area contributed by atoms with Crippen LogP contribution < -0.4 is 15.5 Å². The molecule has 0 fully saturated rings. The van der Waals surface area contributed by atoms with E-state index in [0.717, 1.165) is 55.7 Å². The maximum Gasteiger partial charge on any atom is 0.258 e. The maximum absolute atomic E-state index is 13.4. The van der Waals surface area contributed by atoms with Crippen LogP contribution in [0.25, 0.3) is 0 Å². The number of nitrogens with zero attached hydrogens (tertiary/aromatic N) is 1. The standard InChI is InChI=1S/C26H29N3O2S/c1-3-29(4-2)20-16-14-19(15-17-20)27-25(31)23-21-12-8-9-13-22(21)32-26(23)28-24(30)18-10-6-5-7-11-18/h5-7,10-11,14-17H,3-4,8-9,12-13H2,1-2H3,(H,27,31)(H,28,30). The van der Waals surface area contributed by atoms with E-state index < -0.39 is 0 Å². The first kappa shape index (κ1) is 22.1. The number of aryl methyl sites for hydroxylation is 1. The Kier molecular flexibility index (Phi) is 6.90. The quantitative estimate of drug-likeness (QED) is 0.468. The molecule has 2 aromatic carbocycles. The topological polar surface area (TPSA) is 61.4 Å². The molecule has 32 heavy (non-hydrogen) atoms. The highest BCUT2D eigenvalue weighted by Gasteiger charge is 2.26. The minimum Gasteiger partial charge on any atom is -0.372 e. The molecule has 3 aromatic rings. The van der Waals surface area contributed by atoms with Crippen molar-refractivity contribution in [3.63, 3.8) is 0 Å². The Hall–Kier alpha value is -3.12. The molecule has 1 aliphatic rings. The van der Waals surface area contributed by atoms with E-state index in [0.29, 0.717) is 16.1 Å². The van der Waals surface area contributed by atoms with Crippen molar-refractivity contribution in [3.8, 4) is 0 Å². The van der Waals surface area contributed by atoms with Gasteiger partial charge in [0.25, 0.3) is 11.8 Å². The van der Waals surface area contributed by atoms with Gasteiger partial charge in [0, 0.05) is 34.9 Å². The van der Waals surface area contributed by atoms with E-state index in [1.54, 1.807) is 12.1 Å². The van der Waals surface area contributed by atoms with Crippen molar-refractivity contribution in [2.45, 2.75) is 39.5 Å². The van der Waals surface area contributed by atoms with Crippen molar-refractivity contribution in [3.05, 3.63) is 76.2 Å². The van der Waals surface area contributed by atoms with Crippen LogP contribution in [0.5, 0.6) is 0 Å². The van der Waals surface area contributed by atoms with Gasteiger partial charge in [-0.25, -0.2) is 0 Å². The third-order valence-electron chi connectivity index (χ3n) is 5.92. The molecule has 0 bridgehead atoms. The fourth-order valence-electron chi connectivity index (χ4n) is 4.20. The molecule has 0 radical (unpaired) electrons. The molecule has 0 atom stereocenters. The highest BCUT2D eigenvalue weighted by atomic mass is 32.1. The Bertz CT molecular complexity index is 1090. The number of nitrogens with one attached hydrogen (secondary N) is 2. The summed E-state index contributed by atoms with van der Waals surface area (Å²) in [4.78, 5) is 29.6. The van der Waals surface area contributed by atoms with Crippen molar-refractivity contribution < 1.29 is 9.59 Å². The average molecular weight is 448 g/mol. The molecule has 0 aliphatic heterocycles. The molecule has 6 heteroatoms. The molecule has 0 unspecified atom stereocenters. The number of hydrogen-bond acceptors (Lipinski definition) is 4. The lowest BCUT2D eigenvalue weighted by Crippen LogP contribution is -2.21. The van der Waals surface area contributed by atoms with Gasteiger partial charge in [0.05, 0.1) is 5.56 Å². The van der Waals surface area contributed by atoms with Crippen molar-refractivity contribution in [2.24, 2.45) is 0 Å². The molecular weight excluding hydrogens is 418 g/mol. The monoisotopic (exact) mass is 447 g/mol. The Morgan fingerprint density at radius 2 is 1.56 bits per heavy atom. The Balaban J connectivity index is 1.58.